The lowest BCUT2D eigenvalue weighted by Gasteiger charge is -2.26. The van der Waals surface area contributed by atoms with Crippen LogP contribution in [0.3, 0.4) is 0 Å². The Morgan fingerprint density at radius 3 is 2.79 bits per heavy atom. The molecule has 0 bridgehead atoms. The molecule has 0 unspecified atom stereocenters. The lowest BCUT2D eigenvalue weighted by atomic mass is 10.1. The number of nitrogens with one attached hydrogen (secondary N) is 1. The SMILES string of the molecule is CCCCN(c1cc(C(=O)NC)ccc1N)C1CC1. The van der Waals surface area contributed by atoms with Gasteiger partial charge in [0.25, 0.3) is 5.91 Å². The van der Waals surface area contributed by atoms with Crippen LogP contribution in [0.15, 0.2) is 18.2 Å². The number of amides is 1. The summed E-state index contributed by atoms with van der Waals surface area (Å²) in [7, 11) is 1.65. The number of carbonyl (C=O) groups is 1. The lowest BCUT2D eigenvalue weighted by Crippen LogP contribution is -2.28. The van der Waals surface area contributed by atoms with Crippen LogP contribution in [0.5, 0.6) is 0 Å². The molecular weight excluding hydrogens is 238 g/mol. The van der Waals surface area contributed by atoms with Crippen molar-refractivity contribution in [2.45, 2.75) is 38.6 Å². The molecule has 0 saturated heterocycles. The second-order valence-corrected chi connectivity index (χ2v) is 5.13. The van der Waals surface area contributed by atoms with Crippen molar-refractivity contribution < 1.29 is 4.79 Å². The fourth-order valence-electron chi connectivity index (χ4n) is 2.29. The summed E-state index contributed by atoms with van der Waals surface area (Å²) in [6.45, 7) is 3.21. The zero-order valence-corrected chi connectivity index (χ0v) is 11.8. The lowest BCUT2D eigenvalue weighted by molar-refractivity contribution is 0.0963. The molecule has 19 heavy (non-hydrogen) atoms. The summed E-state index contributed by atoms with van der Waals surface area (Å²) in [6, 6.07) is 6.14. The minimum atomic E-state index is -0.0625. The molecule has 1 amide bonds. The van der Waals surface area contributed by atoms with Crippen LogP contribution in [-0.4, -0.2) is 25.5 Å². The molecular formula is C15H23N3O. The topological polar surface area (TPSA) is 58.4 Å². The predicted molar refractivity (Wildman–Crippen MR) is 79.5 cm³/mol. The van der Waals surface area contributed by atoms with Crippen LogP contribution in [0.1, 0.15) is 43.0 Å². The van der Waals surface area contributed by atoms with Gasteiger partial charge in [-0.15, -0.1) is 0 Å². The van der Waals surface area contributed by atoms with E-state index in [1.807, 2.05) is 12.1 Å². The highest BCUT2D eigenvalue weighted by molar-refractivity contribution is 5.96. The Kier molecular flexibility index (Phi) is 4.30. The highest BCUT2D eigenvalue weighted by atomic mass is 16.1. The van der Waals surface area contributed by atoms with Gasteiger partial charge in [-0.3, -0.25) is 4.79 Å². The Labute approximate surface area is 115 Å². The normalized spacial score (nSPS) is 14.2. The number of nitrogens with two attached hydrogens (primary N) is 1. The summed E-state index contributed by atoms with van der Waals surface area (Å²) in [5, 5.41) is 2.66. The molecule has 0 spiro atoms. The zero-order chi connectivity index (χ0) is 13.8. The van der Waals surface area contributed by atoms with Gasteiger partial charge < -0.3 is 16.0 Å². The van der Waals surface area contributed by atoms with Gasteiger partial charge in [0, 0.05) is 25.2 Å². The zero-order valence-electron chi connectivity index (χ0n) is 11.8. The molecule has 0 aromatic heterocycles. The molecule has 1 aromatic rings. The Hall–Kier alpha value is -1.71. The first-order valence-electron chi connectivity index (χ1n) is 7.05. The van der Waals surface area contributed by atoms with Gasteiger partial charge >= 0.3 is 0 Å². The summed E-state index contributed by atoms with van der Waals surface area (Å²) in [4.78, 5) is 14.1. The van der Waals surface area contributed by atoms with Crippen LogP contribution in [0, 0.1) is 0 Å². The third-order valence-corrected chi connectivity index (χ3v) is 3.57. The molecule has 0 heterocycles. The fraction of sp³-hybridized carbons (Fsp3) is 0.533. The number of nitrogens with zero attached hydrogens (tertiary/aromatic N) is 1. The number of rotatable bonds is 6. The van der Waals surface area contributed by atoms with Crippen molar-refractivity contribution in [2.24, 2.45) is 0 Å². The molecule has 4 nitrogen and oxygen atoms in total. The van der Waals surface area contributed by atoms with Gasteiger partial charge in [0.05, 0.1) is 11.4 Å². The van der Waals surface area contributed by atoms with Crippen LogP contribution in [-0.2, 0) is 0 Å². The van der Waals surface area contributed by atoms with Gasteiger partial charge in [-0.2, -0.15) is 0 Å². The van der Waals surface area contributed by atoms with E-state index in [1.165, 1.54) is 12.8 Å². The van der Waals surface area contributed by atoms with Crippen molar-refractivity contribution in [3.63, 3.8) is 0 Å². The van der Waals surface area contributed by atoms with Gasteiger partial charge in [0.2, 0.25) is 0 Å². The smallest absolute Gasteiger partial charge is 0.251 e. The van der Waals surface area contributed by atoms with Gasteiger partial charge in [0.1, 0.15) is 0 Å². The van der Waals surface area contributed by atoms with Gasteiger partial charge in [-0.25, -0.2) is 0 Å². The van der Waals surface area contributed by atoms with Crippen LogP contribution in [0.2, 0.25) is 0 Å². The maximum atomic E-state index is 11.7. The molecule has 0 aliphatic heterocycles. The summed E-state index contributed by atoms with van der Waals surface area (Å²) in [6.07, 6.45) is 4.78. The number of unbranched alkanes of at least 4 members (excludes halogenated alkanes) is 1. The summed E-state index contributed by atoms with van der Waals surface area (Å²) < 4.78 is 0. The summed E-state index contributed by atoms with van der Waals surface area (Å²) >= 11 is 0. The minimum absolute atomic E-state index is 0.0625. The van der Waals surface area contributed by atoms with Crippen molar-refractivity contribution >= 4 is 17.3 Å². The average Bonchev–Trinajstić information content (AvgIpc) is 3.24. The summed E-state index contributed by atoms with van der Waals surface area (Å²) in [5.74, 6) is -0.0625. The third kappa shape index (κ3) is 3.19. The van der Waals surface area contributed by atoms with E-state index in [0.29, 0.717) is 11.6 Å². The van der Waals surface area contributed by atoms with E-state index in [1.54, 1.807) is 13.1 Å². The van der Waals surface area contributed by atoms with E-state index in [4.69, 9.17) is 5.73 Å². The highest BCUT2D eigenvalue weighted by Crippen LogP contribution is 2.35. The average molecular weight is 261 g/mol. The largest absolute Gasteiger partial charge is 0.397 e. The maximum absolute atomic E-state index is 11.7. The summed E-state index contributed by atoms with van der Waals surface area (Å²) in [5.41, 5.74) is 8.54. The third-order valence-electron chi connectivity index (χ3n) is 3.57. The van der Waals surface area contributed by atoms with Gasteiger partial charge in [0.15, 0.2) is 0 Å². The minimum Gasteiger partial charge on any atom is -0.397 e. The fourth-order valence-corrected chi connectivity index (χ4v) is 2.29. The maximum Gasteiger partial charge on any atom is 0.251 e. The molecule has 2 rings (SSSR count). The molecule has 3 N–H and O–H groups in total. The Morgan fingerprint density at radius 2 is 2.21 bits per heavy atom. The second-order valence-electron chi connectivity index (χ2n) is 5.13. The number of hydrogen-bond donors (Lipinski definition) is 2. The van der Waals surface area contributed by atoms with E-state index in [0.717, 1.165) is 30.8 Å². The van der Waals surface area contributed by atoms with Crippen molar-refractivity contribution in [1.29, 1.82) is 0 Å². The highest BCUT2D eigenvalue weighted by Gasteiger charge is 2.30. The number of anilines is 2. The quantitative estimate of drug-likeness (QED) is 0.773. The van der Waals surface area contributed by atoms with E-state index in [9.17, 15) is 4.79 Å². The predicted octanol–water partition coefficient (Wildman–Crippen LogP) is 2.40. The molecule has 4 heteroatoms. The molecule has 1 aliphatic rings. The monoisotopic (exact) mass is 261 g/mol. The van der Waals surface area contributed by atoms with Crippen LogP contribution in [0.4, 0.5) is 11.4 Å². The van der Waals surface area contributed by atoms with E-state index < -0.39 is 0 Å². The van der Waals surface area contributed by atoms with Crippen LogP contribution < -0.4 is 16.0 Å². The molecule has 0 radical (unpaired) electrons. The Bertz CT molecular complexity index is 455. The van der Waals surface area contributed by atoms with E-state index in [-0.39, 0.29) is 5.91 Å². The van der Waals surface area contributed by atoms with Crippen molar-refractivity contribution in [1.82, 2.24) is 5.32 Å². The van der Waals surface area contributed by atoms with Crippen molar-refractivity contribution in [3.8, 4) is 0 Å². The Balaban J connectivity index is 2.26. The molecule has 1 fully saturated rings. The number of nitrogen functional groups attached to an aromatic ring is 1. The second kappa shape index (κ2) is 5.95. The first-order chi connectivity index (χ1) is 9.17. The standard InChI is InChI=1S/C15H23N3O/c1-3-4-9-18(12-6-7-12)14-10-11(15(19)17-2)5-8-13(14)16/h5,8,10,12H,3-4,6-7,9,16H2,1-2H3,(H,17,19). The Morgan fingerprint density at radius 1 is 1.47 bits per heavy atom. The van der Waals surface area contributed by atoms with E-state index in [2.05, 4.69) is 17.1 Å². The van der Waals surface area contributed by atoms with Crippen LogP contribution >= 0.6 is 0 Å². The molecule has 1 aromatic carbocycles. The first kappa shape index (κ1) is 13.7. The van der Waals surface area contributed by atoms with Crippen molar-refractivity contribution in [2.75, 3.05) is 24.2 Å². The molecule has 0 atom stereocenters. The first-order valence-corrected chi connectivity index (χ1v) is 7.05. The van der Waals surface area contributed by atoms with Crippen molar-refractivity contribution in [3.05, 3.63) is 23.8 Å². The number of benzene rings is 1. The van der Waals surface area contributed by atoms with Gasteiger partial charge in [-0.1, -0.05) is 13.3 Å². The number of carbonyl (C=O) groups excluding carboxylic acids is 1. The van der Waals surface area contributed by atoms with E-state index >= 15 is 0 Å². The van der Waals surface area contributed by atoms with Crippen LogP contribution in [0.25, 0.3) is 0 Å². The molecule has 1 saturated carbocycles. The van der Waals surface area contributed by atoms with Gasteiger partial charge in [-0.05, 0) is 37.5 Å². The molecule has 1 aliphatic carbocycles. The molecule has 104 valence electrons. The number of hydrogen-bond acceptors (Lipinski definition) is 3.